The molecule has 1 aliphatic rings. The van der Waals surface area contributed by atoms with E-state index < -0.39 is 17.7 Å². The minimum Gasteiger partial charge on any atom is -0.392 e. The van der Waals surface area contributed by atoms with Crippen LogP contribution in [-0.2, 0) is 6.42 Å². The number of halogens is 2. The lowest BCUT2D eigenvalue weighted by molar-refractivity contribution is 0.0912. The van der Waals surface area contributed by atoms with Crippen LogP contribution in [0.4, 0.5) is 8.78 Å². The third-order valence-corrected chi connectivity index (χ3v) is 4.06. The molecule has 0 saturated heterocycles. The Morgan fingerprint density at radius 3 is 2.05 bits per heavy atom. The van der Waals surface area contributed by atoms with Crippen molar-refractivity contribution in [3.05, 3.63) is 35.4 Å². The van der Waals surface area contributed by atoms with Gasteiger partial charge in [-0.2, -0.15) is 0 Å². The average Bonchev–Trinajstić information content (AvgIpc) is 2.26. The second-order valence-corrected chi connectivity index (χ2v) is 5.65. The highest BCUT2D eigenvalue weighted by Gasteiger charge is 2.20. The molecule has 0 amide bonds. The van der Waals surface area contributed by atoms with Gasteiger partial charge < -0.3 is 5.11 Å². The molecule has 2 rings (SSSR count). The predicted molar refractivity (Wildman–Crippen MR) is 71.9 cm³/mol. The van der Waals surface area contributed by atoms with E-state index in [1.54, 1.807) is 0 Å². The van der Waals surface area contributed by atoms with Crippen molar-refractivity contribution in [2.75, 3.05) is 0 Å². The lowest BCUT2D eigenvalue weighted by Gasteiger charge is -2.25. The Morgan fingerprint density at radius 2 is 1.47 bits per heavy atom. The van der Waals surface area contributed by atoms with Crippen LogP contribution in [0.1, 0.15) is 50.5 Å². The number of hydrogen-bond donors (Lipinski definition) is 1. The molecule has 0 bridgehead atoms. The van der Waals surface area contributed by atoms with Gasteiger partial charge in [-0.05, 0) is 42.9 Å². The first-order valence-corrected chi connectivity index (χ1v) is 7.28. The molecule has 1 aromatic rings. The molecule has 0 heterocycles. The molecule has 1 aliphatic carbocycles. The van der Waals surface area contributed by atoms with E-state index in [9.17, 15) is 13.9 Å². The standard InChI is InChI=1S/C16H22F2O/c17-14-8-12(9-15(18)11-14)10-16(19)13-6-4-2-1-3-5-7-13/h8-9,11,13,16,19H,1-7,10H2. The summed E-state index contributed by atoms with van der Waals surface area (Å²) in [5, 5.41) is 10.3. The normalized spacial score (nSPS) is 19.7. The summed E-state index contributed by atoms with van der Waals surface area (Å²) in [5.74, 6) is -0.869. The van der Waals surface area contributed by atoms with Gasteiger partial charge in [-0.15, -0.1) is 0 Å². The lowest BCUT2D eigenvalue weighted by Crippen LogP contribution is -2.24. The van der Waals surface area contributed by atoms with E-state index in [0.29, 0.717) is 12.0 Å². The first-order valence-electron chi connectivity index (χ1n) is 7.28. The van der Waals surface area contributed by atoms with Crippen molar-refractivity contribution in [1.29, 1.82) is 0 Å². The van der Waals surface area contributed by atoms with Crippen LogP contribution in [0.25, 0.3) is 0 Å². The highest BCUT2D eigenvalue weighted by Crippen LogP contribution is 2.26. The highest BCUT2D eigenvalue weighted by molar-refractivity contribution is 5.18. The zero-order valence-corrected chi connectivity index (χ0v) is 11.2. The van der Waals surface area contributed by atoms with Gasteiger partial charge in [0.05, 0.1) is 6.10 Å². The SMILES string of the molecule is OC(Cc1cc(F)cc(F)c1)C1CCCCCCC1. The van der Waals surface area contributed by atoms with Crippen LogP contribution in [0.5, 0.6) is 0 Å². The third-order valence-electron chi connectivity index (χ3n) is 4.06. The molecule has 3 heteroatoms. The molecule has 0 aromatic heterocycles. The van der Waals surface area contributed by atoms with Gasteiger partial charge in [-0.1, -0.05) is 32.1 Å². The van der Waals surface area contributed by atoms with E-state index in [-0.39, 0.29) is 5.92 Å². The number of rotatable bonds is 3. The molecule has 0 aliphatic heterocycles. The van der Waals surface area contributed by atoms with E-state index in [0.717, 1.165) is 31.7 Å². The summed E-state index contributed by atoms with van der Waals surface area (Å²) < 4.78 is 26.2. The van der Waals surface area contributed by atoms with Crippen LogP contribution in [-0.4, -0.2) is 11.2 Å². The number of benzene rings is 1. The fraction of sp³-hybridized carbons (Fsp3) is 0.625. The Morgan fingerprint density at radius 1 is 0.947 bits per heavy atom. The molecule has 0 spiro atoms. The smallest absolute Gasteiger partial charge is 0.126 e. The Balaban J connectivity index is 1.96. The number of aliphatic hydroxyl groups is 1. The molecule has 1 N–H and O–H groups in total. The minimum atomic E-state index is -0.570. The van der Waals surface area contributed by atoms with E-state index in [1.807, 2.05) is 0 Å². The number of aliphatic hydroxyl groups excluding tert-OH is 1. The van der Waals surface area contributed by atoms with E-state index in [4.69, 9.17) is 0 Å². The highest BCUT2D eigenvalue weighted by atomic mass is 19.1. The van der Waals surface area contributed by atoms with Gasteiger partial charge in [0, 0.05) is 6.07 Å². The molecule has 106 valence electrons. The van der Waals surface area contributed by atoms with Crippen molar-refractivity contribution < 1.29 is 13.9 Å². The maximum Gasteiger partial charge on any atom is 0.126 e. The second kappa shape index (κ2) is 6.99. The monoisotopic (exact) mass is 268 g/mol. The molecule has 1 nitrogen and oxygen atoms in total. The van der Waals surface area contributed by atoms with Crippen LogP contribution in [0, 0.1) is 17.6 Å². The predicted octanol–water partition coefficient (Wildman–Crippen LogP) is 4.23. The molecule has 1 saturated carbocycles. The zero-order chi connectivity index (χ0) is 13.7. The van der Waals surface area contributed by atoms with Gasteiger partial charge in [0.25, 0.3) is 0 Å². The summed E-state index contributed by atoms with van der Waals surface area (Å²) >= 11 is 0. The topological polar surface area (TPSA) is 20.2 Å². The fourth-order valence-electron chi connectivity index (χ4n) is 3.01. The first-order chi connectivity index (χ1) is 9.15. The number of hydrogen-bond acceptors (Lipinski definition) is 1. The molecule has 1 atom stereocenters. The average molecular weight is 268 g/mol. The maximum absolute atomic E-state index is 13.1. The maximum atomic E-state index is 13.1. The Bertz CT molecular complexity index is 377. The van der Waals surface area contributed by atoms with Gasteiger partial charge in [0.15, 0.2) is 0 Å². The van der Waals surface area contributed by atoms with E-state index in [1.165, 1.54) is 31.4 Å². The summed E-state index contributed by atoms with van der Waals surface area (Å²) in [7, 11) is 0. The molecule has 19 heavy (non-hydrogen) atoms. The van der Waals surface area contributed by atoms with Crippen molar-refractivity contribution in [1.82, 2.24) is 0 Å². The molecular weight excluding hydrogens is 246 g/mol. The third kappa shape index (κ3) is 4.57. The second-order valence-electron chi connectivity index (χ2n) is 5.65. The van der Waals surface area contributed by atoms with E-state index in [2.05, 4.69) is 0 Å². The Labute approximate surface area is 113 Å². The van der Waals surface area contributed by atoms with Gasteiger partial charge in [0.2, 0.25) is 0 Å². The molecule has 0 radical (unpaired) electrons. The largest absolute Gasteiger partial charge is 0.392 e. The summed E-state index contributed by atoms with van der Waals surface area (Å²) in [6, 6.07) is 3.50. The summed E-state index contributed by atoms with van der Waals surface area (Å²) in [6.45, 7) is 0. The van der Waals surface area contributed by atoms with Gasteiger partial charge in [-0.25, -0.2) is 8.78 Å². The van der Waals surface area contributed by atoms with Crippen molar-refractivity contribution >= 4 is 0 Å². The van der Waals surface area contributed by atoms with Crippen LogP contribution >= 0.6 is 0 Å². The van der Waals surface area contributed by atoms with Crippen LogP contribution in [0.15, 0.2) is 18.2 Å². The van der Waals surface area contributed by atoms with Crippen molar-refractivity contribution in [3.63, 3.8) is 0 Å². The summed E-state index contributed by atoms with van der Waals surface area (Å²) in [4.78, 5) is 0. The molecule has 1 unspecified atom stereocenters. The van der Waals surface area contributed by atoms with Crippen LogP contribution in [0.3, 0.4) is 0 Å². The fourth-order valence-corrected chi connectivity index (χ4v) is 3.01. The van der Waals surface area contributed by atoms with Crippen LogP contribution in [0.2, 0.25) is 0 Å². The van der Waals surface area contributed by atoms with Crippen molar-refractivity contribution in [2.24, 2.45) is 5.92 Å². The molecule has 1 fully saturated rings. The van der Waals surface area contributed by atoms with Gasteiger partial charge in [0.1, 0.15) is 11.6 Å². The van der Waals surface area contributed by atoms with Gasteiger partial charge >= 0.3 is 0 Å². The molecule has 1 aromatic carbocycles. The summed E-state index contributed by atoms with van der Waals surface area (Å²) in [5.41, 5.74) is 0.548. The zero-order valence-electron chi connectivity index (χ0n) is 11.2. The Hall–Kier alpha value is -0.960. The quantitative estimate of drug-likeness (QED) is 0.869. The van der Waals surface area contributed by atoms with Crippen molar-refractivity contribution in [3.8, 4) is 0 Å². The minimum absolute atomic E-state index is 0.270. The van der Waals surface area contributed by atoms with Crippen LogP contribution < -0.4 is 0 Å². The van der Waals surface area contributed by atoms with Gasteiger partial charge in [-0.3, -0.25) is 0 Å². The first kappa shape index (κ1) is 14.4. The van der Waals surface area contributed by atoms with Crippen molar-refractivity contribution in [2.45, 2.75) is 57.5 Å². The lowest BCUT2D eigenvalue weighted by atomic mass is 9.85. The van der Waals surface area contributed by atoms with E-state index >= 15 is 0 Å². The summed E-state index contributed by atoms with van der Waals surface area (Å²) in [6.07, 6.45) is 7.97. The molecular formula is C16H22F2O. The Kier molecular flexibility index (Phi) is 5.32.